The van der Waals surface area contributed by atoms with Gasteiger partial charge in [0.1, 0.15) is 17.4 Å². The fourth-order valence-corrected chi connectivity index (χ4v) is 2.59. The quantitative estimate of drug-likeness (QED) is 0.918. The van der Waals surface area contributed by atoms with Gasteiger partial charge in [-0.1, -0.05) is 6.07 Å². The van der Waals surface area contributed by atoms with Crippen molar-refractivity contribution < 1.29 is 9.18 Å². The number of halogens is 1. The molecule has 1 N–H and O–H groups in total. The molecule has 2 rings (SSSR count). The fraction of sp³-hybridized carbons (Fsp3) is 0.467. The molecule has 0 aliphatic carbocycles. The molecule has 0 aromatic heterocycles. The third kappa shape index (κ3) is 2.90. The van der Waals surface area contributed by atoms with Crippen LogP contribution in [0.1, 0.15) is 25.3 Å². The summed E-state index contributed by atoms with van der Waals surface area (Å²) >= 11 is 0. The molecule has 0 bridgehead atoms. The molecule has 1 fully saturated rings. The van der Waals surface area contributed by atoms with Crippen LogP contribution in [-0.4, -0.2) is 25.5 Å². The van der Waals surface area contributed by atoms with Crippen molar-refractivity contribution in [3.8, 4) is 6.07 Å². The Hall–Kier alpha value is -2.09. The maximum atomic E-state index is 13.6. The van der Waals surface area contributed by atoms with Crippen molar-refractivity contribution in [1.82, 2.24) is 5.32 Å². The minimum atomic E-state index is -0.490. The van der Waals surface area contributed by atoms with Crippen molar-refractivity contribution in [1.29, 1.82) is 5.26 Å². The van der Waals surface area contributed by atoms with Crippen molar-refractivity contribution >= 4 is 11.6 Å². The Kier molecular flexibility index (Phi) is 4.57. The highest BCUT2D eigenvalue weighted by molar-refractivity contribution is 5.79. The average Bonchev–Trinajstić information content (AvgIpc) is 2.47. The van der Waals surface area contributed by atoms with Crippen LogP contribution in [0.15, 0.2) is 18.2 Å². The standard InChI is InChI=1S/C15H18FN3O/c1-2-18-15(20)11-6-8-19(9-7-11)14-5-3-4-13(16)12(14)10-17/h3-5,11H,2,6-9H2,1H3,(H,18,20). The van der Waals surface area contributed by atoms with E-state index in [1.807, 2.05) is 17.9 Å². The normalized spacial score (nSPS) is 15.8. The predicted octanol–water partition coefficient (Wildman–Crippen LogP) is 2.05. The van der Waals surface area contributed by atoms with Crippen LogP contribution in [0.4, 0.5) is 10.1 Å². The monoisotopic (exact) mass is 275 g/mol. The number of rotatable bonds is 3. The van der Waals surface area contributed by atoms with Crippen molar-refractivity contribution in [2.24, 2.45) is 5.92 Å². The number of carbonyl (C=O) groups excluding carboxylic acids is 1. The van der Waals surface area contributed by atoms with Crippen molar-refractivity contribution in [2.75, 3.05) is 24.5 Å². The maximum absolute atomic E-state index is 13.6. The summed E-state index contributed by atoms with van der Waals surface area (Å²) in [6.45, 7) is 3.88. The highest BCUT2D eigenvalue weighted by atomic mass is 19.1. The molecule has 0 atom stereocenters. The number of piperidine rings is 1. The number of hydrogen-bond donors (Lipinski definition) is 1. The van der Waals surface area contributed by atoms with Crippen molar-refractivity contribution in [3.63, 3.8) is 0 Å². The Labute approximate surface area is 118 Å². The summed E-state index contributed by atoms with van der Waals surface area (Å²) in [5.41, 5.74) is 0.714. The second-order valence-corrected chi connectivity index (χ2v) is 4.90. The van der Waals surface area contributed by atoms with E-state index in [0.29, 0.717) is 25.3 Å². The molecule has 5 heteroatoms. The lowest BCUT2D eigenvalue weighted by molar-refractivity contribution is -0.125. The molecular weight excluding hydrogens is 257 g/mol. The van der Waals surface area contributed by atoms with Crippen molar-refractivity contribution in [3.05, 3.63) is 29.6 Å². The largest absolute Gasteiger partial charge is 0.370 e. The first kappa shape index (κ1) is 14.3. The number of amides is 1. The Morgan fingerprint density at radius 2 is 2.20 bits per heavy atom. The summed E-state index contributed by atoms with van der Waals surface area (Å²) in [5.74, 6) is -0.381. The van der Waals surface area contributed by atoms with Gasteiger partial charge in [0.2, 0.25) is 5.91 Å². The number of hydrogen-bond acceptors (Lipinski definition) is 3. The zero-order valence-corrected chi connectivity index (χ0v) is 11.5. The zero-order valence-electron chi connectivity index (χ0n) is 11.5. The van der Waals surface area contributed by atoms with Gasteiger partial charge in [0.05, 0.1) is 5.69 Å². The van der Waals surface area contributed by atoms with Gasteiger partial charge >= 0.3 is 0 Å². The van der Waals surface area contributed by atoms with Gasteiger partial charge in [0, 0.05) is 25.6 Å². The Morgan fingerprint density at radius 1 is 1.50 bits per heavy atom. The summed E-state index contributed by atoms with van der Waals surface area (Å²) in [7, 11) is 0. The molecule has 1 saturated heterocycles. The first-order chi connectivity index (χ1) is 9.67. The summed E-state index contributed by atoms with van der Waals surface area (Å²) in [4.78, 5) is 13.8. The molecule has 106 valence electrons. The lowest BCUT2D eigenvalue weighted by Crippen LogP contribution is -2.40. The molecule has 1 amide bonds. The van der Waals surface area contributed by atoms with Crippen LogP contribution in [0.3, 0.4) is 0 Å². The van der Waals surface area contributed by atoms with E-state index in [2.05, 4.69) is 5.32 Å². The number of nitrogens with one attached hydrogen (secondary N) is 1. The first-order valence-corrected chi connectivity index (χ1v) is 6.88. The summed E-state index contributed by atoms with van der Waals surface area (Å²) in [5, 5.41) is 11.9. The molecule has 4 nitrogen and oxygen atoms in total. The van der Waals surface area contributed by atoms with Gasteiger partial charge in [0.15, 0.2) is 0 Å². The van der Waals surface area contributed by atoms with E-state index in [0.717, 1.165) is 12.8 Å². The zero-order chi connectivity index (χ0) is 14.5. The van der Waals surface area contributed by atoms with Crippen LogP contribution < -0.4 is 10.2 Å². The molecule has 0 unspecified atom stereocenters. The third-order valence-corrected chi connectivity index (χ3v) is 3.66. The topological polar surface area (TPSA) is 56.1 Å². The van der Waals surface area contributed by atoms with Crippen LogP contribution in [0.2, 0.25) is 0 Å². The highest BCUT2D eigenvalue weighted by Gasteiger charge is 2.26. The molecule has 1 aliphatic heterocycles. The number of nitriles is 1. The fourth-order valence-electron chi connectivity index (χ4n) is 2.59. The second-order valence-electron chi connectivity index (χ2n) is 4.90. The number of benzene rings is 1. The van der Waals surface area contributed by atoms with Gasteiger partial charge in [-0.3, -0.25) is 4.79 Å². The smallest absolute Gasteiger partial charge is 0.223 e. The third-order valence-electron chi connectivity index (χ3n) is 3.66. The molecule has 20 heavy (non-hydrogen) atoms. The van der Waals surface area contributed by atoms with E-state index in [1.165, 1.54) is 6.07 Å². The summed E-state index contributed by atoms with van der Waals surface area (Å²) in [6, 6.07) is 6.59. The summed E-state index contributed by atoms with van der Waals surface area (Å²) < 4.78 is 13.6. The van der Waals surface area contributed by atoms with E-state index in [-0.39, 0.29) is 17.4 Å². The number of anilines is 1. The molecule has 1 aliphatic rings. The van der Waals surface area contributed by atoms with Crippen LogP contribution in [0, 0.1) is 23.1 Å². The van der Waals surface area contributed by atoms with E-state index in [9.17, 15) is 9.18 Å². The Balaban J connectivity index is 2.06. The van der Waals surface area contributed by atoms with Crippen LogP contribution in [-0.2, 0) is 4.79 Å². The molecule has 1 heterocycles. The molecule has 0 radical (unpaired) electrons. The lowest BCUT2D eigenvalue weighted by Gasteiger charge is -2.33. The van der Waals surface area contributed by atoms with E-state index in [1.54, 1.807) is 12.1 Å². The van der Waals surface area contributed by atoms with E-state index < -0.39 is 5.82 Å². The van der Waals surface area contributed by atoms with Gasteiger partial charge in [0.25, 0.3) is 0 Å². The highest BCUT2D eigenvalue weighted by Crippen LogP contribution is 2.27. The Bertz CT molecular complexity index is 530. The van der Waals surface area contributed by atoms with Crippen LogP contribution in [0.25, 0.3) is 0 Å². The summed E-state index contributed by atoms with van der Waals surface area (Å²) in [6.07, 6.45) is 1.46. The van der Waals surface area contributed by atoms with Gasteiger partial charge in [-0.2, -0.15) is 5.26 Å². The maximum Gasteiger partial charge on any atom is 0.223 e. The van der Waals surface area contributed by atoms with Crippen LogP contribution in [0.5, 0.6) is 0 Å². The van der Waals surface area contributed by atoms with Crippen molar-refractivity contribution in [2.45, 2.75) is 19.8 Å². The van der Waals surface area contributed by atoms with Gasteiger partial charge in [-0.25, -0.2) is 4.39 Å². The lowest BCUT2D eigenvalue weighted by atomic mass is 9.95. The minimum absolute atomic E-state index is 0.0188. The number of nitrogens with zero attached hydrogens (tertiary/aromatic N) is 2. The van der Waals surface area contributed by atoms with Crippen LogP contribution >= 0.6 is 0 Å². The molecular formula is C15H18FN3O. The minimum Gasteiger partial charge on any atom is -0.370 e. The first-order valence-electron chi connectivity index (χ1n) is 6.88. The Morgan fingerprint density at radius 3 is 2.80 bits per heavy atom. The van der Waals surface area contributed by atoms with Gasteiger partial charge in [-0.05, 0) is 31.9 Å². The predicted molar refractivity (Wildman–Crippen MR) is 74.7 cm³/mol. The molecule has 1 aromatic rings. The van der Waals surface area contributed by atoms with Gasteiger partial charge in [-0.15, -0.1) is 0 Å². The average molecular weight is 275 g/mol. The SMILES string of the molecule is CCNC(=O)C1CCN(c2cccc(F)c2C#N)CC1. The molecule has 0 spiro atoms. The van der Waals surface area contributed by atoms with E-state index >= 15 is 0 Å². The molecule has 0 saturated carbocycles. The molecule has 1 aromatic carbocycles. The van der Waals surface area contributed by atoms with Gasteiger partial charge < -0.3 is 10.2 Å². The second kappa shape index (κ2) is 6.38. The number of carbonyl (C=O) groups is 1. The van der Waals surface area contributed by atoms with E-state index in [4.69, 9.17) is 5.26 Å².